The summed E-state index contributed by atoms with van der Waals surface area (Å²) in [5.74, 6) is 0.873. The van der Waals surface area contributed by atoms with Crippen LogP contribution in [0.1, 0.15) is 24.1 Å². The summed E-state index contributed by atoms with van der Waals surface area (Å²) in [7, 11) is 0. The first-order chi connectivity index (χ1) is 8.65. The van der Waals surface area contributed by atoms with Gasteiger partial charge < -0.3 is 10.5 Å². The lowest BCUT2D eigenvalue weighted by Crippen LogP contribution is -2.04. The van der Waals surface area contributed by atoms with Crippen LogP contribution in [0.3, 0.4) is 0 Å². The monoisotopic (exact) mass is 353 g/mol. The van der Waals surface area contributed by atoms with Gasteiger partial charge in [-0.1, -0.05) is 24.3 Å². The van der Waals surface area contributed by atoms with Crippen LogP contribution in [0.4, 0.5) is 0 Å². The van der Waals surface area contributed by atoms with Crippen molar-refractivity contribution in [3.8, 4) is 5.75 Å². The molecule has 1 unspecified atom stereocenters. The van der Waals surface area contributed by atoms with Gasteiger partial charge in [-0.25, -0.2) is 0 Å². The van der Waals surface area contributed by atoms with E-state index >= 15 is 0 Å². The lowest BCUT2D eigenvalue weighted by atomic mass is 10.1. The molecule has 2 aromatic rings. The minimum atomic E-state index is 0.0650. The molecule has 0 aliphatic carbocycles. The Balaban J connectivity index is 1.95. The van der Waals surface area contributed by atoms with Crippen molar-refractivity contribution < 1.29 is 4.74 Å². The molecule has 0 aliphatic heterocycles. The van der Waals surface area contributed by atoms with Crippen LogP contribution in [-0.2, 0) is 6.61 Å². The van der Waals surface area contributed by atoms with Crippen LogP contribution >= 0.6 is 22.6 Å². The highest BCUT2D eigenvalue weighted by molar-refractivity contribution is 14.1. The molecule has 0 saturated carbocycles. The maximum Gasteiger partial charge on any atom is 0.119 e. The number of hydrogen-bond donors (Lipinski definition) is 1. The molecular formula is C15H16INO. The summed E-state index contributed by atoms with van der Waals surface area (Å²) in [6, 6.07) is 16.3. The number of hydrogen-bond acceptors (Lipinski definition) is 2. The molecule has 1 atom stereocenters. The first-order valence-corrected chi connectivity index (χ1v) is 6.96. The zero-order valence-corrected chi connectivity index (χ0v) is 12.4. The summed E-state index contributed by atoms with van der Waals surface area (Å²) < 4.78 is 6.96. The third-order valence-electron chi connectivity index (χ3n) is 2.72. The minimum absolute atomic E-state index is 0.0650. The smallest absolute Gasteiger partial charge is 0.119 e. The van der Waals surface area contributed by atoms with Crippen molar-refractivity contribution in [2.24, 2.45) is 5.73 Å². The third-order valence-corrected chi connectivity index (χ3v) is 3.44. The SMILES string of the molecule is CC(N)c1ccc(OCc2ccc(I)cc2)cc1. The van der Waals surface area contributed by atoms with Crippen LogP contribution < -0.4 is 10.5 Å². The van der Waals surface area contributed by atoms with Gasteiger partial charge in [0.15, 0.2) is 0 Å². The molecule has 0 spiro atoms. The topological polar surface area (TPSA) is 35.2 Å². The number of ether oxygens (including phenoxy) is 1. The Morgan fingerprint density at radius 3 is 2.22 bits per heavy atom. The first-order valence-electron chi connectivity index (χ1n) is 5.88. The van der Waals surface area contributed by atoms with Gasteiger partial charge in [-0.3, -0.25) is 0 Å². The van der Waals surface area contributed by atoms with Crippen LogP contribution in [0.15, 0.2) is 48.5 Å². The Morgan fingerprint density at radius 1 is 1.06 bits per heavy atom. The van der Waals surface area contributed by atoms with Gasteiger partial charge in [0.25, 0.3) is 0 Å². The molecule has 18 heavy (non-hydrogen) atoms. The zero-order chi connectivity index (χ0) is 13.0. The average Bonchev–Trinajstić information content (AvgIpc) is 2.38. The van der Waals surface area contributed by atoms with E-state index in [0.29, 0.717) is 6.61 Å². The van der Waals surface area contributed by atoms with E-state index in [4.69, 9.17) is 10.5 Å². The predicted molar refractivity (Wildman–Crippen MR) is 82.5 cm³/mol. The van der Waals surface area contributed by atoms with Crippen LogP contribution in [-0.4, -0.2) is 0 Å². The number of nitrogens with two attached hydrogens (primary N) is 1. The van der Waals surface area contributed by atoms with Gasteiger partial charge in [0, 0.05) is 9.61 Å². The fourth-order valence-corrected chi connectivity index (χ4v) is 1.97. The van der Waals surface area contributed by atoms with Crippen molar-refractivity contribution in [2.75, 3.05) is 0 Å². The normalized spacial score (nSPS) is 12.2. The molecule has 2 aromatic carbocycles. The summed E-state index contributed by atoms with van der Waals surface area (Å²) in [5, 5.41) is 0. The lowest BCUT2D eigenvalue weighted by molar-refractivity contribution is 0.306. The van der Waals surface area contributed by atoms with E-state index in [9.17, 15) is 0 Å². The second-order valence-electron chi connectivity index (χ2n) is 4.27. The number of halogens is 1. The van der Waals surface area contributed by atoms with E-state index in [1.807, 2.05) is 31.2 Å². The Bertz CT molecular complexity index is 491. The zero-order valence-electron chi connectivity index (χ0n) is 10.3. The maximum absolute atomic E-state index is 5.80. The Morgan fingerprint density at radius 2 is 1.67 bits per heavy atom. The summed E-state index contributed by atoms with van der Waals surface area (Å²) in [4.78, 5) is 0. The van der Waals surface area contributed by atoms with E-state index in [0.717, 1.165) is 11.3 Å². The van der Waals surface area contributed by atoms with Crippen molar-refractivity contribution in [1.29, 1.82) is 0 Å². The van der Waals surface area contributed by atoms with E-state index in [-0.39, 0.29) is 6.04 Å². The van der Waals surface area contributed by atoms with Crippen molar-refractivity contribution >= 4 is 22.6 Å². The molecular weight excluding hydrogens is 337 g/mol. The number of benzene rings is 2. The molecule has 2 nitrogen and oxygen atoms in total. The first kappa shape index (κ1) is 13.4. The molecule has 0 heterocycles. The highest BCUT2D eigenvalue weighted by Crippen LogP contribution is 2.17. The highest BCUT2D eigenvalue weighted by Gasteiger charge is 2.00. The third kappa shape index (κ3) is 3.71. The Labute approximate surface area is 121 Å². The fraction of sp³-hybridized carbons (Fsp3) is 0.200. The predicted octanol–water partition coefficient (Wildman–Crippen LogP) is 3.89. The molecule has 0 amide bonds. The van der Waals surface area contributed by atoms with E-state index < -0.39 is 0 Å². The quantitative estimate of drug-likeness (QED) is 0.847. The largest absolute Gasteiger partial charge is 0.489 e. The van der Waals surface area contributed by atoms with Crippen LogP contribution in [0, 0.1) is 3.57 Å². The standard InChI is InChI=1S/C15H16INO/c1-11(17)13-4-8-15(9-5-13)18-10-12-2-6-14(16)7-3-12/h2-9,11H,10,17H2,1H3. The van der Waals surface area contributed by atoms with Crippen molar-refractivity contribution in [2.45, 2.75) is 19.6 Å². The Kier molecular flexibility index (Phi) is 4.60. The maximum atomic E-state index is 5.80. The van der Waals surface area contributed by atoms with Crippen molar-refractivity contribution in [3.05, 3.63) is 63.2 Å². The summed E-state index contributed by atoms with van der Waals surface area (Å²) in [5.41, 5.74) is 8.10. The van der Waals surface area contributed by atoms with Crippen LogP contribution in [0.25, 0.3) is 0 Å². The molecule has 0 aliphatic rings. The van der Waals surface area contributed by atoms with Gasteiger partial charge >= 0.3 is 0 Å². The van der Waals surface area contributed by atoms with Gasteiger partial charge in [-0.05, 0) is 64.9 Å². The minimum Gasteiger partial charge on any atom is -0.489 e. The van der Waals surface area contributed by atoms with E-state index in [1.165, 1.54) is 9.13 Å². The molecule has 0 saturated heterocycles. The van der Waals surface area contributed by atoms with Crippen molar-refractivity contribution in [3.63, 3.8) is 0 Å². The molecule has 0 fully saturated rings. The van der Waals surface area contributed by atoms with Crippen LogP contribution in [0.5, 0.6) is 5.75 Å². The molecule has 3 heteroatoms. The molecule has 0 bridgehead atoms. The molecule has 0 radical (unpaired) electrons. The summed E-state index contributed by atoms with van der Waals surface area (Å²) in [6.07, 6.45) is 0. The summed E-state index contributed by atoms with van der Waals surface area (Å²) in [6.45, 7) is 2.57. The highest BCUT2D eigenvalue weighted by atomic mass is 127. The second kappa shape index (κ2) is 6.20. The van der Waals surface area contributed by atoms with Crippen molar-refractivity contribution in [1.82, 2.24) is 0 Å². The van der Waals surface area contributed by atoms with Crippen LogP contribution in [0.2, 0.25) is 0 Å². The molecule has 2 rings (SSSR count). The molecule has 94 valence electrons. The molecule has 2 N–H and O–H groups in total. The van der Waals surface area contributed by atoms with Gasteiger partial charge in [-0.2, -0.15) is 0 Å². The van der Waals surface area contributed by atoms with Gasteiger partial charge in [0.2, 0.25) is 0 Å². The second-order valence-corrected chi connectivity index (χ2v) is 5.52. The Hall–Kier alpha value is -1.07. The molecule has 0 aromatic heterocycles. The van der Waals surface area contributed by atoms with E-state index in [1.54, 1.807) is 0 Å². The van der Waals surface area contributed by atoms with Gasteiger partial charge in [0.1, 0.15) is 12.4 Å². The van der Waals surface area contributed by atoms with Gasteiger partial charge in [-0.15, -0.1) is 0 Å². The fourth-order valence-electron chi connectivity index (χ4n) is 1.61. The van der Waals surface area contributed by atoms with E-state index in [2.05, 4.69) is 46.9 Å². The summed E-state index contributed by atoms with van der Waals surface area (Å²) >= 11 is 2.29. The number of rotatable bonds is 4. The average molecular weight is 353 g/mol. The lowest BCUT2D eigenvalue weighted by Gasteiger charge is -2.09. The van der Waals surface area contributed by atoms with Gasteiger partial charge in [0.05, 0.1) is 0 Å².